The van der Waals surface area contributed by atoms with Crippen LogP contribution in [0.2, 0.25) is 0 Å². The first kappa shape index (κ1) is 93.3. The molecule has 0 atom stereocenters. The fourth-order valence-electron chi connectivity index (χ4n) is 14.3. The van der Waals surface area contributed by atoms with Gasteiger partial charge in [0.15, 0.2) is 0 Å². The minimum Gasteiger partial charge on any atom is -0.336 e. The van der Waals surface area contributed by atoms with E-state index in [9.17, 15) is 31.9 Å². The van der Waals surface area contributed by atoms with E-state index in [1.54, 1.807) is 122 Å². The molecule has 0 aliphatic carbocycles. The molecule has 8 aromatic heterocycles. The molecule has 127 heavy (non-hydrogen) atoms. The van der Waals surface area contributed by atoms with Crippen molar-refractivity contribution in [3.05, 3.63) is 480 Å². The van der Waals surface area contributed by atoms with Crippen LogP contribution in [-0.4, -0.2) is 57.2 Å². The standard InChI is InChI=1S/C31H18N2O.C28H26N2.C26H14N2O2.C23H12F4N2.4Pt/c34-31(25-11-5-9-23(19-25)29-27-13-3-1-7-21(27)15-17-32-29)26-12-6-10-24(20-26)30-28-14-4-2-8-22(28)16-18-33-30;1-27(2,25-15-5-7-17-29-25)23-13-9-11-21(19-23)22-12-10-14-24(20-22)28(3,4)26-16-6-8-18-30-26;29-25(23-5-1-3-13-27-23)19-11-9-17-7-8-18-10-12-20(16-22(18)21(17)15-19)26(30)24-6-2-4-14-28-24;24-18-12-20(26)16(22-5-1-3-7-28-22)10-14(18)9-15-11-17(21(27)13-19(15)25)23-6-2-4-8-29-23;;;;/h1-18H;5-18H,1-4H3;1-14H;1-8,12-13H,9H2;;;;/q4*-2;4*+2. The average molecular weight is 2380 g/mol. The van der Waals surface area contributed by atoms with Crippen molar-refractivity contribution in [1.29, 1.82) is 0 Å². The summed E-state index contributed by atoms with van der Waals surface area (Å²) in [6.07, 6.45) is 13.1. The summed E-state index contributed by atoms with van der Waals surface area (Å²) in [4.78, 5) is 73.7. The summed E-state index contributed by atoms with van der Waals surface area (Å²) in [6.45, 7) is 8.76. The molecule has 628 valence electrons. The Balaban J connectivity index is 0.000000153. The van der Waals surface area contributed by atoms with E-state index in [-0.39, 0.29) is 153 Å². The predicted octanol–water partition coefficient (Wildman–Crippen LogP) is 23.7. The number of nitrogens with zero attached hydrogens (tertiary/aromatic N) is 8. The first-order valence-corrected chi connectivity index (χ1v) is 39.4. The number of rotatable bonds is 17. The summed E-state index contributed by atoms with van der Waals surface area (Å²) < 4.78 is 57.1. The number of pyridine rings is 8. The molecular weight excluding hydrogens is 2310 g/mol. The molecule has 0 saturated carbocycles. The average Bonchev–Trinajstić information content (AvgIpc) is 0.763. The van der Waals surface area contributed by atoms with Crippen LogP contribution < -0.4 is 0 Å². The molecule has 11 nitrogen and oxygen atoms in total. The van der Waals surface area contributed by atoms with Gasteiger partial charge in [0, 0.05) is 106 Å². The van der Waals surface area contributed by atoms with Crippen LogP contribution in [0.4, 0.5) is 17.6 Å². The van der Waals surface area contributed by atoms with E-state index in [0.29, 0.717) is 45.8 Å². The van der Waals surface area contributed by atoms with Crippen LogP contribution in [0, 0.1) is 71.8 Å². The van der Waals surface area contributed by atoms with Crippen molar-refractivity contribution in [2.75, 3.05) is 0 Å². The monoisotopic (exact) mass is 2380 g/mol. The molecule has 0 unspecified atom stereocenters. The molecule has 11 aromatic carbocycles. The summed E-state index contributed by atoms with van der Waals surface area (Å²) in [5.41, 5.74) is 11.9. The van der Waals surface area contributed by atoms with Crippen molar-refractivity contribution in [2.45, 2.75) is 44.9 Å². The van der Waals surface area contributed by atoms with Gasteiger partial charge in [0.05, 0.1) is 11.4 Å². The second kappa shape index (κ2) is 42.4. The SMILES string of the molecule is CC(C)(c1[c-]c(-c2[c-]c(C(C)(C)c3ccccn3)ccc2)ccc1)c1ccccn1.Fc1cc(F)c(-c2ccccn2)[c-]c1Cc1[c-]c(-c2ccccn2)c(F)cc1F.O=C(c1[c-]c(-c2nccc3ccccc23)ccc1)c1[c-]c(-c2nccc3ccccc23)ccc1.O=C(c1[c-]c2c(cc1)ccc1ccc(C(=O)c3ccccn3)[c-]c12)c1ccccn1.[Pt+2].[Pt+2].[Pt+2].[Pt+2]. The zero-order chi connectivity index (χ0) is 85.0. The van der Waals surface area contributed by atoms with Gasteiger partial charge in [0.1, 0.15) is 17.3 Å². The maximum absolute atomic E-state index is 14.4. The molecule has 8 heterocycles. The number of aromatic nitrogens is 8. The van der Waals surface area contributed by atoms with Gasteiger partial charge in [-0.25, -0.2) is 11.1 Å². The van der Waals surface area contributed by atoms with Crippen molar-refractivity contribution < 1.29 is 116 Å². The number of fused-ring (bicyclic) bond motifs is 5. The van der Waals surface area contributed by atoms with Crippen LogP contribution in [0.25, 0.3) is 99.2 Å². The number of halogens is 4. The second-order valence-corrected chi connectivity index (χ2v) is 29.8. The molecule has 0 N–H and O–H groups in total. The van der Waals surface area contributed by atoms with Gasteiger partial charge in [-0.15, -0.1) is 131 Å². The van der Waals surface area contributed by atoms with Crippen LogP contribution in [0.3, 0.4) is 0 Å². The summed E-state index contributed by atoms with van der Waals surface area (Å²) in [6, 6.07) is 114. The molecule has 0 bridgehead atoms. The van der Waals surface area contributed by atoms with Gasteiger partial charge in [-0.05, 0) is 112 Å². The number of ketones is 3. The smallest absolute Gasteiger partial charge is 0.336 e. The van der Waals surface area contributed by atoms with Crippen molar-refractivity contribution in [3.63, 3.8) is 0 Å². The number of carbonyl (C=O) groups excluding carboxylic acids is 3. The molecule has 0 amide bonds. The van der Waals surface area contributed by atoms with Crippen molar-refractivity contribution in [2.24, 2.45) is 0 Å². The largest absolute Gasteiger partial charge is 2.00 e. The molecular formula is C108H70F4N8O3Pt4. The van der Waals surface area contributed by atoms with Crippen LogP contribution in [0.5, 0.6) is 0 Å². The summed E-state index contributed by atoms with van der Waals surface area (Å²) in [5, 5.41) is 7.57. The van der Waals surface area contributed by atoms with Crippen molar-refractivity contribution >= 4 is 60.4 Å². The zero-order valence-electron chi connectivity index (χ0n) is 68.1. The fourth-order valence-corrected chi connectivity index (χ4v) is 14.3. The molecule has 0 spiro atoms. The van der Waals surface area contributed by atoms with Crippen LogP contribution in [0.15, 0.2) is 341 Å². The van der Waals surface area contributed by atoms with E-state index in [4.69, 9.17) is 0 Å². The summed E-state index contributed by atoms with van der Waals surface area (Å²) in [7, 11) is 0. The number of hydrogen-bond donors (Lipinski definition) is 0. The number of carbonyl (C=O) groups is 3. The minimum atomic E-state index is -0.890. The molecule has 0 saturated heterocycles. The first-order valence-electron chi connectivity index (χ1n) is 39.4. The van der Waals surface area contributed by atoms with Gasteiger partial charge in [0.2, 0.25) is 0 Å². The van der Waals surface area contributed by atoms with E-state index >= 15 is 0 Å². The minimum absolute atomic E-state index is 0. The Bertz CT molecular complexity index is 6680. The summed E-state index contributed by atoms with van der Waals surface area (Å²) >= 11 is 0. The Kier molecular flexibility index (Phi) is 31.2. The molecule has 0 radical (unpaired) electrons. The molecule has 0 aliphatic heterocycles. The third-order valence-corrected chi connectivity index (χ3v) is 21.0. The van der Waals surface area contributed by atoms with Crippen LogP contribution >= 0.6 is 0 Å². The van der Waals surface area contributed by atoms with Crippen LogP contribution in [-0.2, 0) is 102 Å². The molecule has 19 aromatic rings. The molecule has 0 fully saturated rings. The third-order valence-electron chi connectivity index (χ3n) is 21.0. The fraction of sp³-hybridized carbons (Fsp3) is 0.0648. The van der Waals surface area contributed by atoms with Gasteiger partial charge < -0.3 is 24.4 Å². The van der Waals surface area contributed by atoms with E-state index in [0.717, 1.165) is 99.2 Å². The Hall–Kier alpha value is -12.9. The molecule has 19 heteroatoms. The molecule has 19 rings (SSSR count). The van der Waals surface area contributed by atoms with E-state index in [2.05, 4.69) is 177 Å². The van der Waals surface area contributed by atoms with Gasteiger partial charge in [-0.1, -0.05) is 193 Å². The van der Waals surface area contributed by atoms with Crippen LogP contribution in [0.1, 0.15) is 109 Å². The maximum Gasteiger partial charge on any atom is 2.00 e. The Morgan fingerprint density at radius 3 is 1.02 bits per heavy atom. The van der Waals surface area contributed by atoms with Crippen molar-refractivity contribution in [1.82, 2.24) is 39.9 Å². The first-order chi connectivity index (χ1) is 59.9. The third kappa shape index (κ3) is 21.3. The number of benzene rings is 11. The van der Waals surface area contributed by atoms with Gasteiger partial charge in [0.25, 0.3) is 0 Å². The van der Waals surface area contributed by atoms with E-state index < -0.39 is 23.3 Å². The Morgan fingerprint density at radius 2 is 0.638 bits per heavy atom. The van der Waals surface area contributed by atoms with Crippen molar-refractivity contribution in [3.8, 4) is 56.2 Å². The Labute approximate surface area is 790 Å². The van der Waals surface area contributed by atoms with Gasteiger partial charge >= 0.3 is 84.3 Å². The quantitative estimate of drug-likeness (QED) is 0.0370. The molecule has 0 aliphatic rings. The predicted molar refractivity (Wildman–Crippen MR) is 472 cm³/mol. The normalized spacial score (nSPS) is 10.9. The maximum atomic E-state index is 14.4. The van der Waals surface area contributed by atoms with Gasteiger partial charge in [-0.2, -0.15) is 59.3 Å². The topological polar surface area (TPSA) is 154 Å². The zero-order valence-corrected chi connectivity index (χ0v) is 77.2. The number of hydrogen-bond acceptors (Lipinski definition) is 11. The van der Waals surface area contributed by atoms with E-state index in [1.165, 1.54) is 12.4 Å². The van der Waals surface area contributed by atoms with E-state index in [1.807, 2.05) is 134 Å². The van der Waals surface area contributed by atoms with Gasteiger partial charge in [-0.3, -0.25) is 47.5 Å². The summed E-state index contributed by atoms with van der Waals surface area (Å²) in [5.74, 6) is -3.97. The Morgan fingerprint density at radius 1 is 0.283 bits per heavy atom. The second-order valence-electron chi connectivity index (χ2n) is 29.8.